The normalized spacial score (nSPS) is 21.4. The van der Waals surface area contributed by atoms with Gasteiger partial charge in [-0.1, -0.05) is 35.9 Å². The molecule has 28 heavy (non-hydrogen) atoms. The van der Waals surface area contributed by atoms with Crippen LogP contribution in [0.1, 0.15) is 26.3 Å². The number of ether oxygens (including phenoxy) is 1. The molecule has 1 aliphatic carbocycles. The fourth-order valence-electron chi connectivity index (χ4n) is 2.99. The lowest BCUT2D eigenvalue weighted by Gasteiger charge is -2.36. The monoisotopic (exact) mass is 411 g/mol. The standard InChI is InChI=1S/C19H19ClFNO6/c1-18(2,3)28-17(25)19(7-5-4-6-12(19)16(23)24)10-11-8-14(21)13(20)9-15(11)22(26)27/h4-9,12H,10H2,1-3H3,(H,23,24)/t12?,19-/m1/s1. The van der Waals surface area contributed by atoms with E-state index in [2.05, 4.69) is 0 Å². The third kappa shape index (κ3) is 4.39. The van der Waals surface area contributed by atoms with Crippen LogP contribution < -0.4 is 0 Å². The Bertz CT molecular complexity index is 889. The van der Waals surface area contributed by atoms with Crippen molar-refractivity contribution in [3.8, 4) is 0 Å². The predicted octanol–water partition coefficient (Wildman–Crippen LogP) is 4.08. The van der Waals surface area contributed by atoms with Gasteiger partial charge in [0.25, 0.3) is 5.69 Å². The van der Waals surface area contributed by atoms with Gasteiger partial charge < -0.3 is 9.84 Å². The number of halogens is 2. The Kier molecular flexibility index (Phi) is 5.94. The topological polar surface area (TPSA) is 107 Å². The van der Waals surface area contributed by atoms with E-state index < -0.39 is 56.7 Å². The fraction of sp³-hybridized carbons (Fsp3) is 0.368. The lowest BCUT2D eigenvalue weighted by Crippen LogP contribution is -2.46. The third-order valence-corrected chi connectivity index (χ3v) is 4.50. The summed E-state index contributed by atoms with van der Waals surface area (Å²) in [7, 11) is 0. The first-order valence-electron chi connectivity index (χ1n) is 8.32. The van der Waals surface area contributed by atoms with Crippen molar-refractivity contribution >= 4 is 29.2 Å². The average Bonchev–Trinajstić information content (AvgIpc) is 2.56. The molecule has 1 aromatic carbocycles. The van der Waals surface area contributed by atoms with E-state index in [4.69, 9.17) is 16.3 Å². The minimum absolute atomic E-state index is 0.163. The molecule has 0 spiro atoms. The maximum atomic E-state index is 14.0. The molecule has 0 amide bonds. The zero-order valence-electron chi connectivity index (χ0n) is 15.4. The molecule has 150 valence electrons. The summed E-state index contributed by atoms with van der Waals surface area (Å²) in [6.07, 6.45) is 5.09. The van der Waals surface area contributed by atoms with Crippen molar-refractivity contribution in [2.24, 2.45) is 11.3 Å². The van der Waals surface area contributed by atoms with E-state index in [-0.39, 0.29) is 5.56 Å². The van der Waals surface area contributed by atoms with Crippen LogP contribution in [0.5, 0.6) is 0 Å². The number of nitro groups is 1. The molecule has 7 nitrogen and oxygen atoms in total. The number of carboxylic acids is 1. The highest BCUT2D eigenvalue weighted by Gasteiger charge is 2.50. The Labute approximate surface area is 165 Å². The molecule has 0 saturated carbocycles. The zero-order chi connectivity index (χ0) is 21.3. The smallest absolute Gasteiger partial charge is 0.318 e. The molecular weight excluding hydrogens is 393 g/mol. The molecular formula is C19H19ClFNO6. The summed E-state index contributed by atoms with van der Waals surface area (Å²) in [6.45, 7) is 4.84. The van der Waals surface area contributed by atoms with E-state index in [1.165, 1.54) is 24.3 Å². The van der Waals surface area contributed by atoms with Gasteiger partial charge in [0.1, 0.15) is 16.8 Å². The number of allylic oxidation sites excluding steroid dienone is 2. The van der Waals surface area contributed by atoms with E-state index in [1.54, 1.807) is 20.8 Å². The number of rotatable bonds is 5. The van der Waals surface area contributed by atoms with Crippen LogP contribution in [-0.4, -0.2) is 27.6 Å². The van der Waals surface area contributed by atoms with Gasteiger partial charge in [-0.3, -0.25) is 19.7 Å². The summed E-state index contributed by atoms with van der Waals surface area (Å²) >= 11 is 5.65. The van der Waals surface area contributed by atoms with E-state index in [0.29, 0.717) is 0 Å². The van der Waals surface area contributed by atoms with Gasteiger partial charge in [-0.25, -0.2) is 4.39 Å². The van der Waals surface area contributed by atoms with Gasteiger partial charge in [0.15, 0.2) is 0 Å². The lowest BCUT2D eigenvalue weighted by molar-refractivity contribution is -0.385. The predicted molar refractivity (Wildman–Crippen MR) is 99.5 cm³/mol. The van der Waals surface area contributed by atoms with Gasteiger partial charge in [0.2, 0.25) is 0 Å². The molecule has 1 unspecified atom stereocenters. The van der Waals surface area contributed by atoms with Crippen LogP contribution in [0.2, 0.25) is 5.02 Å². The van der Waals surface area contributed by atoms with Crippen LogP contribution in [0.25, 0.3) is 0 Å². The highest BCUT2D eigenvalue weighted by Crippen LogP contribution is 2.42. The Morgan fingerprint density at radius 3 is 2.54 bits per heavy atom. The second-order valence-electron chi connectivity index (χ2n) is 7.43. The average molecular weight is 412 g/mol. The Balaban J connectivity index is 2.65. The van der Waals surface area contributed by atoms with Crippen molar-refractivity contribution in [1.29, 1.82) is 0 Å². The summed E-state index contributed by atoms with van der Waals surface area (Å²) in [4.78, 5) is 35.5. The van der Waals surface area contributed by atoms with Crippen LogP contribution in [0.4, 0.5) is 10.1 Å². The number of hydrogen-bond donors (Lipinski definition) is 1. The largest absolute Gasteiger partial charge is 0.481 e. The molecule has 0 aliphatic heterocycles. The molecule has 0 bridgehead atoms. The van der Waals surface area contributed by atoms with Crippen molar-refractivity contribution in [3.63, 3.8) is 0 Å². The quantitative estimate of drug-likeness (QED) is 0.444. The molecule has 1 N–H and O–H groups in total. The van der Waals surface area contributed by atoms with Crippen molar-refractivity contribution in [2.75, 3.05) is 0 Å². The molecule has 0 heterocycles. The third-order valence-electron chi connectivity index (χ3n) is 4.21. The number of aliphatic carboxylic acids is 1. The number of carboxylic acid groups (broad SMARTS) is 1. The molecule has 0 saturated heterocycles. The first-order chi connectivity index (χ1) is 12.9. The van der Waals surface area contributed by atoms with Crippen molar-refractivity contribution < 1.29 is 28.7 Å². The Hall–Kier alpha value is -2.74. The minimum Gasteiger partial charge on any atom is -0.481 e. The van der Waals surface area contributed by atoms with Gasteiger partial charge in [-0.2, -0.15) is 0 Å². The second kappa shape index (κ2) is 7.71. The molecule has 1 aromatic rings. The number of carbonyl (C=O) groups is 2. The number of nitrogens with zero attached hydrogens (tertiary/aromatic N) is 1. The summed E-state index contributed by atoms with van der Waals surface area (Å²) in [5.74, 6) is -4.46. The zero-order valence-corrected chi connectivity index (χ0v) is 16.2. The SMILES string of the molecule is CC(C)(C)OC(=O)[C@@]1(Cc2cc(F)c(Cl)cc2[N+](=O)[O-])C=CC=CC1C(=O)O. The van der Waals surface area contributed by atoms with Crippen LogP contribution >= 0.6 is 11.6 Å². The van der Waals surface area contributed by atoms with E-state index >= 15 is 0 Å². The van der Waals surface area contributed by atoms with Gasteiger partial charge in [-0.05, 0) is 26.8 Å². The molecule has 1 aliphatic rings. The summed E-state index contributed by atoms with van der Waals surface area (Å²) < 4.78 is 19.4. The van der Waals surface area contributed by atoms with Crippen molar-refractivity contribution in [1.82, 2.24) is 0 Å². The number of carbonyl (C=O) groups excluding carboxylic acids is 1. The number of hydrogen-bond acceptors (Lipinski definition) is 5. The lowest BCUT2D eigenvalue weighted by atomic mass is 9.68. The molecule has 2 atom stereocenters. The minimum atomic E-state index is -1.79. The Morgan fingerprint density at radius 1 is 1.36 bits per heavy atom. The van der Waals surface area contributed by atoms with Crippen LogP contribution in [0, 0.1) is 27.3 Å². The molecule has 9 heteroatoms. The second-order valence-corrected chi connectivity index (χ2v) is 7.84. The van der Waals surface area contributed by atoms with E-state index in [0.717, 1.165) is 12.1 Å². The fourth-order valence-corrected chi connectivity index (χ4v) is 3.15. The molecule has 0 aromatic heterocycles. The molecule has 0 radical (unpaired) electrons. The van der Waals surface area contributed by atoms with Crippen molar-refractivity contribution in [3.05, 3.63) is 63.0 Å². The summed E-state index contributed by atoms with van der Waals surface area (Å²) in [6, 6.07) is 1.69. The Morgan fingerprint density at radius 2 is 2.00 bits per heavy atom. The van der Waals surface area contributed by atoms with Crippen molar-refractivity contribution in [2.45, 2.75) is 32.8 Å². The summed E-state index contributed by atoms with van der Waals surface area (Å²) in [5.41, 5.74) is -3.40. The number of esters is 1. The number of nitro benzene ring substituents is 1. The van der Waals surface area contributed by atoms with Crippen LogP contribution in [-0.2, 0) is 20.7 Å². The first-order valence-corrected chi connectivity index (χ1v) is 8.70. The highest BCUT2D eigenvalue weighted by molar-refractivity contribution is 6.31. The van der Waals surface area contributed by atoms with E-state index in [9.17, 15) is 29.2 Å². The first kappa shape index (κ1) is 21.6. The molecule has 2 rings (SSSR count). The highest BCUT2D eigenvalue weighted by atomic mass is 35.5. The maximum absolute atomic E-state index is 14.0. The van der Waals surface area contributed by atoms with Gasteiger partial charge >= 0.3 is 11.9 Å². The summed E-state index contributed by atoms with van der Waals surface area (Å²) in [5, 5.41) is 20.6. The maximum Gasteiger partial charge on any atom is 0.318 e. The van der Waals surface area contributed by atoms with Gasteiger partial charge in [0, 0.05) is 18.1 Å². The van der Waals surface area contributed by atoms with E-state index in [1.807, 2.05) is 0 Å². The van der Waals surface area contributed by atoms with Gasteiger partial charge in [0.05, 0.1) is 15.9 Å². The van der Waals surface area contributed by atoms with Crippen LogP contribution in [0.15, 0.2) is 36.4 Å². The number of benzene rings is 1. The van der Waals surface area contributed by atoms with Crippen LogP contribution in [0.3, 0.4) is 0 Å². The van der Waals surface area contributed by atoms with Gasteiger partial charge in [-0.15, -0.1) is 0 Å². The molecule has 0 fully saturated rings.